The molecular formula is C21H24ClN3O5S. The number of rotatable bonds is 6. The van der Waals surface area contributed by atoms with Crippen molar-refractivity contribution in [2.75, 3.05) is 31.6 Å². The molecule has 0 aromatic heterocycles. The summed E-state index contributed by atoms with van der Waals surface area (Å²) >= 11 is 6.20. The lowest BCUT2D eigenvalue weighted by Gasteiger charge is -2.26. The van der Waals surface area contributed by atoms with Gasteiger partial charge >= 0.3 is 0 Å². The van der Waals surface area contributed by atoms with E-state index in [1.807, 2.05) is 13.8 Å². The number of ether oxygens (including phenoxy) is 1. The number of hydrogen-bond donors (Lipinski definition) is 2. The van der Waals surface area contributed by atoms with Crippen molar-refractivity contribution in [1.29, 1.82) is 0 Å². The second-order valence-corrected chi connectivity index (χ2v) is 9.63. The van der Waals surface area contributed by atoms with Crippen LogP contribution in [0.3, 0.4) is 0 Å². The summed E-state index contributed by atoms with van der Waals surface area (Å²) in [7, 11) is -3.79. The van der Waals surface area contributed by atoms with Gasteiger partial charge in [0.1, 0.15) is 0 Å². The number of morpholine rings is 1. The zero-order valence-electron chi connectivity index (χ0n) is 17.2. The molecule has 2 aromatic carbocycles. The Morgan fingerprint density at radius 3 is 2.39 bits per heavy atom. The van der Waals surface area contributed by atoms with Gasteiger partial charge in [-0.2, -0.15) is 4.31 Å². The van der Waals surface area contributed by atoms with E-state index in [1.165, 1.54) is 22.5 Å². The number of carbonyl (C=O) groups is 2. The molecule has 2 amide bonds. The number of anilines is 1. The third kappa shape index (κ3) is 5.43. The van der Waals surface area contributed by atoms with E-state index in [4.69, 9.17) is 16.3 Å². The Morgan fingerprint density at radius 2 is 1.71 bits per heavy atom. The number of sulfonamides is 1. The topological polar surface area (TPSA) is 105 Å². The summed E-state index contributed by atoms with van der Waals surface area (Å²) in [4.78, 5) is 25.3. The Labute approximate surface area is 186 Å². The quantitative estimate of drug-likeness (QED) is 0.682. The standard InChI is InChI=1S/C21H24ClN3O5S/c1-14(2)23-20(26)16-5-3-4-6-19(16)24-21(27)17-13-15(7-8-18(17)22)31(28,29)25-9-11-30-12-10-25/h3-8,13-14H,9-12H2,1-2H3,(H,23,26)(H,24,27). The summed E-state index contributed by atoms with van der Waals surface area (Å²) in [5, 5.41) is 5.54. The van der Waals surface area contributed by atoms with E-state index >= 15 is 0 Å². The van der Waals surface area contributed by atoms with E-state index < -0.39 is 15.9 Å². The van der Waals surface area contributed by atoms with Crippen molar-refractivity contribution >= 4 is 39.1 Å². The van der Waals surface area contributed by atoms with Crippen LogP contribution in [0, 0.1) is 0 Å². The van der Waals surface area contributed by atoms with Crippen LogP contribution in [0.1, 0.15) is 34.6 Å². The number of para-hydroxylation sites is 1. The third-order valence-electron chi connectivity index (χ3n) is 4.63. The molecule has 2 N–H and O–H groups in total. The molecule has 8 nitrogen and oxygen atoms in total. The van der Waals surface area contributed by atoms with Crippen molar-refractivity contribution in [2.45, 2.75) is 24.8 Å². The monoisotopic (exact) mass is 465 g/mol. The molecule has 1 aliphatic heterocycles. The smallest absolute Gasteiger partial charge is 0.257 e. The number of nitrogens with one attached hydrogen (secondary N) is 2. The summed E-state index contributed by atoms with van der Waals surface area (Å²) < 4.78 is 32.4. The normalized spacial score (nSPS) is 15.0. The van der Waals surface area contributed by atoms with Gasteiger partial charge in [0.25, 0.3) is 11.8 Å². The fourth-order valence-electron chi connectivity index (χ4n) is 3.09. The summed E-state index contributed by atoms with van der Waals surface area (Å²) in [5.41, 5.74) is 0.580. The predicted molar refractivity (Wildman–Crippen MR) is 118 cm³/mol. The number of amides is 2. The molecule has 0 bridgehead atoms. The molecule has 3 rings (SSSR count). The van der Waals surface area contributed by atoms with E-state index in [0.29, 0.717) is 18.9 Å². The maximum atomic E-state index is 12.9. The van der Waals surface area contributed by atoms with Crippen molar-refractivity contribution in [3.8, 4) is 0 Å². The maximum absolute atomic E-state index is 12.9. The van der Waals surface area contributed by atoms with Crippen LogP contribution in [-0.2, 0) is 14.8 Å². The zero-order chi connectivity index (χ0) is 22.6. The van der Waals surface area contributed by atoms with E-state index in [-0.39, 0.29) is 46.1 Å². The third-order valence-corrected chi connectivity index (χ3v) is 6.85. The fraction of sp³-hybridized carbons (Fsp3) is 0.333. The van der Waals surface area contributed by atoms with Crippen molar-refractivity contribution in [3.05, 3.63) is 58.6 Å². The molecule has 0 aliphatic carbocycles. The molecule has 1 aliphatic rings. The Morgan fingerprint density at radius 1 is 1.03 bits per heavy atom. The van der Waals surface area contributed by atoms with Crippen LogP contribution in [0.5, 0.6) is 0 Å². The number of carbonyl (C=O) groups excluding carboxylic acids is 2. The first-order valence-electron chi connectivity index (χ1n) is 9.79. The average Bonchev–Trinajstić information content (AvgIpc) is 2.74. The molecule has 166 valence electrons. The van der Waals surface area contributed by atoms with E-state index in [9.17, 15) is 18.0 Å². The van der Waals surface area contributed by atoms with Crippen molar-refractivity contribution in [3.63, 3.8) is 0 Å². The van der Waals surface area contributed by atoms with Crippen molar-refractivity contribution < 1.29 is 22.7 Å². The largest absolute Gasteiger partial charge is 0.379 e. The van der Waals surface area contributed by atoms with E-state index in [1.54, 1.807) is 24.3 Å². The molecule has 0 saturated carbocycles. The van der Waals surface area contributed by atoms with Gasteiger partial charge in [-0.3, -0.25) is 9.59 Å². The molecule has 1 fully saturated rings. The Kier molecular flexibility index (Phi) is 7.32. The lowest BCUT2D eigenvalue weighted by Crippen LogP contribution is -2.40. The molecule has 31 heavy (non-hydrogen) atoms. The molecule has 1 saturated heterocycles. The van der Waals surface area contributed by atoms with E-state index in [2.05, 4.69) is 10.6 Å². The Bertz CT molecular complexity index is 1080. The number of hydrogen-bond acceptors (Lipinski definition) is 5. The minimum atomic E-state index is -3.79. The van der Waals surface area contributed by atoms with Gasteiger partial charge in [0.2, 0.25) is 10.0 Å². The molecular weight excluding hydrogens is 442 g/mol. The highest BCUT2D eigenvalue weighted by Gasteiger charge is 2.28. The summed E-state index contributed by atoms with van der Waals surface area (Å²) in [6.45, 7) is 4.78. The highest BCUT2D eigenvalue weighted by Crippen LogP contribution is 2.25. The first-order valence-corrected chi connectivity index (χ1v) is 11.6. The highest BCUT2D eigenvalue weighted by molar-refractivity contribution is 7.89. The lowest BCUT2D eigenvalue weighted by molar-refractivity contribution is 0.0730. The fourth-order valence-corrected chi connectivity index (χ4v) is 4.73. The maximum Gasteiger partial charge on any atom is 0.257 e. The van der Waals surface area contributed by atoms with Gasteiger partial charge in [0, 0.05) is 19.1 Å². The van der Waals surface area contributed by atoms with Crippen molar-refractivity contribution in [2.24, 2.45) is 0 Å². The Hall–Kier alpha value is -2.46. The molecule has 2 aromatic rings. The van der Waals surface area contributed by atoms with Crippen LogP contribution < -0.4 is 10.6 Å². The molecule has 1 heterocycles. The molecule has 0 atom stereocenters. The molecule has 0 spiro atoms. The minimum Gasteiger partial charge on any atom is -0.379 e. The molecule has 10 heteroatoms. The summed E-state index contributed by atoms with van der Waals surface area (Å²) in [6.07, 6.45) is 0. The summed E-state index contributed by atoms with van der Waals surface area (Å²) in [5.74, 6) is -0.950. The van der Waals surface area contributed by atoms with Crippen molar-refractivity contribution in [1.82, 2.24) is 9.62 Å². The lowest BCUT2D eigenvalue weighted by atomic mass is 10.1. The predicted octanol–water partition coefficient (Wildman–Crippen LogP) is 2.75. The van der Waals surface area contributed by atoms with Gasteiger partial charge in [-0.25, -0.2) is 8.42 Å². The number of benzene rings is 2. The van der Waals surface area contributed by atoms with Gasteiger partial charge in [0.15, 0.2) is 0 Å². The number of halogens is 1. The molecule has 0 unspecified atom stereocenters. The van der Waals surface area contributed by atoms with Crippen LogP contribution in [-0.4, -0.2) is 56.9 Å². The average molecular weight is 466 g/mol. The van der Waals surface area contributed by atoms with Crippen LogP contribution >= 0.6 is 11.6 Å². The van der Waals surface area contributed by atoms with Crippen LogP contribution in [0.15, 0.2) is 47.4 Å². The van der Waals surface area contributed by atoms with Crippen LogP contribution in [0.4, 0.5) is 5.69 Å². The minimum absolute atomic E-state index is 0.00456. The van der Waals surface area contributed by atoms with Gasteiger partial charge in [-0.1, -0.05) is 23.7 Å². The van der Waals surface area contributed by atoms with E-state index in [0.717, 1.165) is 0 Å². The SMILES string of the molecule is CC(C)NC(=O)c1ccccc1NC(=O)c1cc(S(=O)(=O)N2CCOCC2)ccc1Cl. The van der Waals surface area contributed by atoms with Crippen LogP contribution in [0.25, 0.3) is 0 Å². The second kappa shape index (κ2) is 9.78. The molecule has 0 radical (unpaired) electrons. The number of nitrogens with zero attached hydrogens (tertiary/aromatic N) is 1. The zero-order valence-corrected chi connectivity index (χ0v) is 18.8. The van der Waals surface area contributed by atoms with Gasteiger partial charge in [-0.15, -0.1) is 0 Å². The highest BCUT2D eigenvalue weighted by atomic mass is 35.5. The van der Waals surface area contributed by atoms with Crippen LogP contribution in [0.2, 0.25) is 5.02 Å². The van der Waals surface area contributed by atoms with Gasteiger partial charge < -0.3 is 15.4 Å². The first-order chi connectivity index (χ1) is 14.7. The van der Waals surface area contributed by atoms with Gasteiger partial charge in [0.05, 0.1) is 39.9 Å². The van der Waals surface area contributed by atoms with Gasteiger partial charge in [-0.05, 0) is 44.2 Å². The first kappa shape index (κ1) is 23.2. The Balaban J connectivity index is 1.88. The summed E-state index contributed by atoms with van der Waals surface area (Å²) in [6, 6.07) is 10.5. The second-order valence-electron chi connectivity index (χ2n) is 7.29.